The third kappa shape index (κ3) is 3.19. The number of thiophene rings is 1. The lowest BCUT2D eigenvalue weighted by atomic mass is 10.2. The van der Waals surface area contributed by atoms with E-state index in [4.69, 9.17) is 10.8 Å². The van der Waals surface area contributed by atoms with Gasteiger partial charge < -0.3 is 16.2 Å². The van der Waals surface area contributed by atoms with Crippen LogP contribution in [0.3, 0.4) is 0 Å². The highest BCUT2D eigenvalue weighted by atomic mass is 32.1. The number of aliphatic carboxylic acids is 1. The average Bonchev–Trinajstić information content (AvgIpc) is 3.06. The predicted octanol–water partition coefficient (Wildman–Crippen LogP) is -0.146. The second-order valence-corrected chi connectivity index (χ2v) is 4.89. The molecule has 0 radical (unpaired) electrons. The van der Waals surface area contributed by atoms with E-state index in [9.17, 15) is 9.59 Å². The van der Waals surface area contributed by atoms with Gasteiger partial charge in [-0.1, -0.05) is 11.3 Å². The fraction of sp³-hybridized carbons (Fsp3) is 0.273. The molecule has 2 rings (SSSR count). The minimum Gasteiger partial charge on any atom is -0.479 e. The van der Waals surface area contributed by atoms with Crippen molar-refractivity contribution >= 4 is 23.2 Å². The van der Waals surface area contributed by atoms with Gasteiger partial charge >= 0.3 is 5.97 Å². The number of carbonyl (C=O) groups excluding carboxylic acids is 1. The Hall–Kier alpha value is -2.26. The topological polar surface area (TPSA) is 123 Å². The Labute approximate surface area is 118 Å². The van der Waals surface area contributed by atoms with Gasteiger partial charge in [0.2, 0.25) is 0 Å². The molecule has 0 aliphatic rings. The van der Waals surface area contributed by atoms with Crippen molar-refractivity contribution in [2.24, 2.45) is 5.73 Å². The number of carboxylic acids is 1. The van der Waals surface area contributed by atoms with Gasteiger partial charge in [0.15, 0.2) is 11.7 Å². The second kappa shape index (κ2) is 6.26. The molecule has 2 aromatic heterocycles. The van der Waals surface area contributed by atoms with E-state index < -0.39 is 17.9 Å². The van der Waals surface area contributed by atoms with Crippen molar-refractivity contribution in [1.29, 1.82) is 0 Å². The van der Waals surface area contributed by atoms with Crippen molar-refractivity contribution in [3.8, 4) is 0 Å². The molecule has 4 N–H and O–H groups in total. The summed E-state index contributed by atoms with van der Waals surface area (Å²) in [6.45, 7) is 0.810. The van der Waals surface area contributed by atoms with Gasteiger partial charge in [-0.15, -0.1) is 16.4 Å². The smallest absolute Gasteiger partial charge is 0.331 e. The van der Waals surface area contributed by atoms with Crippen LogP contribution in [-0.2, 0) is 11.3 Å². The average molecular weight is 295 g/mol. The Morgan fingerprint density at radius 3 is 2.95 bits per heavy atom. The zero-order chi connectivity index (χ0) is 14.5. The van der Waals surface area contributed by atoms with E-state index in [0.717, 1.165) is 0 Å². The summed E-state index contributed by atoms with van der Waals surface area (Å²) in [5.74, 6) is -1.72. The summed E-state index contributed by atoms with van der Waals surface area (Å²) >= 11 is 1.26. The Morgan fingerprint density at radius 2 is 2.35 bits per heavy atom. The molecule has 106 valence electrons. The molecule has 0 aromatic carbocycles. The lowest BCUT2D eigenvalue weighted by molar-refractivity contribution is -0.139. The fourth-order valence-corrected chi connectivity index (χ4v) is 2.33. The number of nitrogens with two attached hydrogens (primary N) is 1. The normalized spacial score (nSPS) is 12.1. The number of carbonyl (C=O) groups is 2. The highest BCUT2D eigenvalue weighted by molar-refractivity contribution is 7.10. The largest absolute Gasteiger partial charge is 0.479 e. The quantitative estimate of drug-likeness (QED) is 0.681. The monoisotopic (exact) mass is 295 g/mol. The zero-order valence-electron chi connectivity index (χ0n) is 10.4. The number of carboxylic acid groups (broad SMARTS) is 1. The molecule has 0 saturated heterocycles. The van der Waals surface area contributed by atoms with Crippen LogP contribution in [0.25, 0.3) is 0 Å². The van der Waals surface area contributed by atoms with E-state index in [2.05, 4.69) is 15.6 Å². The highest BCUT2D eigenvalue weighted by Crippen LogP contribution is 2.19. The van der Waals surface area contributed by atoms with Crippen molar-refractivity contribution in [2.75, 3.05) is 6.54 Å². The highest BCUT2D eigenvalue weighted by Gasteiger charge is 2.24. The molecule has 0 spiro atoms. The van der Waals surface area contributed by atoms with Gasteiger partial charge in [0, 0.05) is 11.4 Å². The number of hydrogen-bond acceptors (Lipinski definition) is 6. The molecule has 1 unspecified atom stereocenters. The van der Waals surface area contributed by atoms with Crippen LogP contribution in [0.1, 0.15) is 21.4 Å². The first-order valence-electron chi connectivity index (χ1n) is 5.79. The van der Waals surface area contributed by atoms with Crippen molar-refractivity contribution < 1.29 is 14.7 Å². The van der Waals surface area contributed by atoms with Gasteiger partial charge in [0.05, 0.1) is 12.7 Å². The summed E-state index contributed by atoms with van der Waals surface area (Å²) < 4.78 is 1.43. The SMILES string of the molecule is NCCn1cc(C(=O)NC(C(=O)O)c2cccs2)nn1. The summed E-state index contributed by atoms with van der Waals surface area (Å²) in [5.41, 5.74) is 5.42. The van der Waals surface area contributed by atoms with Gasteiger partial charge in [0.25, 0.3) is 5.91 Å². The molecular weight excluding hydrogens is 282 g/mol. The molecule has 2 aromatic rings. The maximum atomic E-state index is 12.0. The predicted molar refractivity (Wildman–Crippen MR) is 71.2 cm³/mol. The van der Waals surface area contributed by atoms with Gasteiger partial charge in [-0.2, -0.15) is 0 Å². The van der Waals surface area contributed by atoms with Gasteiger partial charge in [-0.05, 0) is 11.4 Å². The van der Waals surface area contributed by atoms with E-state index in [0.29, 0.717) is 18.0 Å². The van der Waals surface area contributed by atoms with Crippen molar-refractivity contribution in [2.45, 2.75) is 12.6 Å². The lowest BCUT2D eigenvalue weighted by Crippen LogP contribution is -2.33. The van der Waals surface area contributed by atoms with E-state index in [1.54, 1.807) is 17.5 Å². The molecule has 0 saturated carbocycles. The van der Waals surface area contributed by atoms with Crippen LogP contribution in [0.5, 0.6) is 0 Å². The van der Waals surface area contributed by atoms with Gasteiger partial charge in [-0.3, -0.25) is 9.48 Å². The fourth-order valence-electron chi connectivity index (χ4n) is 1.56. The molecule has 9 heteroatoms. The van der Waals surface area contributed by atoms with Crippen LogP contribution in [0, 0.1) is 0 Å². The number of rotatable bonds is 6. The molecule has 20 heavy (non-hydrogen) atoms. The molecule has 0 bridgehead atoms. The first-order chi connectivity index (χ1) is 9.61. The Morgan fingerprint density at radius 1 is 1.55 bits per heavy atom. The Kier molecular flexibility index (Phi) is 4.43. The van der Waals surface area contributed by atoms with Crippen molar-refractivity contribution in [3.63, 3.8) is 0 Å². The van der Waals surface area contributed by atoms with Gasteiger partial charge in [-0.25, -0.2) is 4.79 Å². The molecular formula is C11H13N5O3S. The number of nitrogens with one attached hydrogen (secondary N) is 1. The van der Waals surface area contributed by atoms with Crippen LogP contribution in [0.2, 0.25) is 0 Å². The molecule has 2 heterocycles. The molecule has 1 atom stereocenters. The Balaban J connectivity index is 2.10. The third-order valence-electron chi connectivity index (χ3n) is 2.48. The third-order valence-corrected chi connectivity index (χ3v) is 3.42. The minimum atomic E-state index is -1.13. The van der Waals surface area contributed by atoms with Crippen LogP contribution in [-0.4, -0.2) is 38.5 Å². The van der Waals surface area contributed by atoms with Crippen LogP contribution in [0.15, 0.2) is 23.7 Å². The number of amides is 1. The number of hydrogen-bond donors (Lipinski definition) is 3. The molecule has 0 fully saturated rings. The molecule has 8 nitrogen and oxygen atoms in total. The maximum Gasteiger partial charge on any atom is 0.331 e. The Bertz CT molecular complexity index is 595. The first kappa shape index (κ1) is 14.2. The van der Waals surface area contributed by atoms with Crippen molar-refractivity contribution in [3.05, 3.63) is 34.3 Å². The molecule has 0 aliphatic heterocycles. The first-order valence-corrected chi connectivity index (χ1v) is 6.67. The maximum absolute atomic E-state index is 12.0. The summed E-state index contributed by atoms with van der Waals surface area (Å²) in [7, 11) is 0. The van der Waals surface area contributed by atoms with Gasteiger partial charge in [0.1, 0.15) is 0 Å². The van der Waals surface area contributed by atoms with Crippen LogP contribution in [0.4, 0.5) is 0 Å². The molecule has 1 amide bonds. The second-order valence-electron chi connectivity index (χ2n) is 3.92. The standard InChI is InChI=1S/C11H13N5O3S/c12-3-4-16-6-7(14-15-16)10(17)13-9(11(18)19)8-2-1-5-20-8/h1-2,5-6,9H,3-4,12H2,(H,13,17)(H,18,19). The number of nitrogens with zero attached hydrogens (tertiary/aromatic N) is 3. The lowest BCUT2D eigenvalue weighted by Gasteiger charge is -2.11. The summed E-state index contributed by atoms with van der Waals surface area (Å²) in [5, 5.41) is 20.7. The molecule has 0 aliphatic carbocycles. The van der Waals surface area contributed by atoms with E-state index in [1.807, 2.05) is 0 Å². The van der Waals surface area contributed by atoms with Crippen molar-refractivity contribution in [1.82, 2.24) is 20.3 Å². The number of aromatic nitrogens is 3. The van der Waals surface area contributed by atoms with Crippen LogP contribution >= 0.6 is 11.3 Å². The minimum absolute atomic E-state index is 0.0567. The van der Waals surface area contributed by atoms with Crippen LogP contribution < -0.4 is 11.1 Å². The van der Waals surface area contributed by atoms with E-state index in [-0.39, 0.29) is 5.69 Å². The van der Waals surface area contributed by atoms with E-state index >= 15 is 0 Å². The zero-order valence-corrected chi connectivity index (χ0v) is 11.2. The van der Waals surface area contributed by atoms with E-state index in [1.165, 1.54) is 22.2 Å². The summed E-state index contributed by atoms with van der Waals surface area (Å²) in [6, 6.07) is 2.27. The summed E-state index contributed by atoms with van der Waals surface area (Å²) in [4.78, 5) is 23.7. The summed E-state index contributed by atoms with van der Waals surface area (Å²) in [6.07, 6.45) is 1.43.